The Labute approximate surface area is 197 Å². The standard InChI is InChI=1S/C24H31F3N4O3/c1-16(2)22(33)31-14-20(21(32)29-8-11-34-3)23(15-31)6-9-30(10-7-23)18-5-4-17(13-28)19(12-18)24(25,26)27/h4-5,12,16,20H,6-11,14-15H2,1-3H3,(H,29,32). The molecule has 1 atom stereocenters. The zero-order chi connectivity index (χ0) is 25.1. The van der Waals surface area contributed by atoms with Gasteiger partial charge in [-0.3, -0.25) is 9.59 Å². The van der Waals surface area contributed by atoms with Crippen LogP contribution in [0.25, 0.3) is 0 Å². The molecule has 1 aromatic rings. The largest absolute Gasteiger partial charge is 0.417 e. The number of carbonyl (C=O) groups excluding carboxylic acids is 2. The number of piperidine rings is 1. The van der Waals surface area contributed by atoms with Crippen molar-refractivity contribution in [3.05, 3.63) is 29.3 Å². The van der Waals surface area contributed by atoms with Crippen LogP contribution in [0.15, 0.2) is 18.2 Å². The van der Waals surface area contributed by atoms with Gasteiger partial charge in [-0.1, -0.05) is 13.8 Å². The number of amides is 2. The van der Waals surface area contributed by atoms with Crippen molar-refractivity contribution in [2.45, 2.75) is 32.9 Å². The summed E-state index contributed by atoms with van der Waals surface area (Å²) in [6.07, 6.45) is -3.48. The smallest absolute Gasteiger partial charge is 0.383 e. The molecule has 1 unspecified atom stereocenters. The molecule has 2 aliphatic heterocycles. The number of benzene rings is 1. The average Bonchev–Trinajstić information content (AvgIpc) is 3.16. The second kappa shape index (κ2) is 10.2. The van der Waals surface area contributed by atoms with Crippen molar-refractivity contribution in [2.75, 3.05) is 51.3 Å². The van der Waals surface area contributed by atoms with Gasteiger partial charge in [0.25, 0.3) is 0 Å². The normalized spacial score (nSPS) is 20.0. The molecule has 1 N–H and O–H groups in total. The maximum Gasteiger partial charge on any atom is 0.417 e. The van der Waals surface area contributed by atoms with Crippen molar-refractivity contribution >= 4 is 17.5 Å². The molecule has 2 saturated heterocycles. The Bertz CT molecular complexity index is 950. The van der Waals surface area contributed by atoms with Gasteiger partial charge in [0.1, 0.15) is 0 Å². The van der Waals surface area contributed by atoms with E-state index in [1.54, 1.807) is 18.1 Å². The Hall–Kier alpha value is -2.80. The molecule has 2 amide bonds. The highest BCUT2D eigenvalue weighted by molar-refractivity contribution is 5.84. The minimum Gasteiger partial charge on any atom is -0.383 e. The molecule has 0 aliphatic carbocycles. The molecule has 10 heteroatoms. The third-order valence-electron chi connectivity index (χ3n) is 6.93. The van der Waals surface area contributed by atoms with Crippen LogP contribution in [-0.2, 0) is 20.5 Å². The summed E-state index contributed by atoms with van der Waals surface area (Å²) in [7, 11) is 1.55. The molecule has 34 heavy (non-hydrogen) atoms. The van der Waals surface area contributed by atoms with Gasteiger partial charge in [0.05, 0.1) is 29.7 Å². The first-order valence-corrected chi connectivity index (χ1v) is 11.4. The fraction of sp³-hybridized carbons (Fsp3) is 0.625. The number of ether oxygens (including phenoxy) is 1. The maximum atomic E-state index is 13.4. The highest BCUT2D eigenvalue weighted by Gasteiger charge is 2.52. The summed E-state index contributed by atoms with van der Waals surface area (Å²) in [5, 5.41) is 11.9. The number of nitrogens with one attached hydrogen (secondary N) is 1. The van der Waals surface area contributed by atoms with E-state index in [9.17, 15) is 22.8 Å². The van der Waals surface area contributed by atoms with Crippen LogP contribution < -0.4 is 10.2 Å². The van der Waals surface area contributed by atoms with Crippen molar-refractivity contribution < 1.29 is 27.5 Å². The first-order valence-electron chi connectivity index (χ1n) is 11.4. The number of methoxy groups -OCH3 is 1. The summed E-state index contributed by atoms with van der Waals surface area (Å²) in [5.41, 5.74) is -1.39. The van der Waals surface area contributed by atoms with Crippen molar-refractivity contribution in [3.63, 3.8) is 0 Å². The van der Waals surface area contributed by atoms with Crippen LogP contribution in [0.2, 0.25) is 0 Å². The monoisotopic (exact) mass is 480 g/mol. The summed E-state index contributed by atoms with van der Waals surface area (Å²) >= 11 is 0. The zero-order valence-electron chi connectivity index (χ0n) is 19.7. The fourth-order valence-corrected chi connectivity index (χ4v) is 5.04. The molecular weight excluding hydrogens is 449 g/mol. The second-order valence-electron chi connectivity index (χ2n) is 9.40. The predicted octanol–water partition coefficient (Wildman–Crippen LogP) is 3.04. The summed E-state index contributed by atoms with van der Waals surface area (Å²) in [5.74, 6) is -0.703. The van der Waals surface area contributed by atoms with Crippen LogP contribution >= 0.6 is 0 Å². The minimum atomic E-state index is -4.62. The van der Waals surface area contributed by atoms with Gasteiger partial charge in [-0.2, -0.15) is 18.4 Å². The van der Waals surface area contributed by atoms with Crippen LogP contribution in [-0.4, -0.2) is 63.2 Å². The summed E-state index contributed by atoms with van der Waals surface area (Å²) in [6.45, 7) is 6.11. The molecule has 2 aliphatic rings. The van der Waals surface area contributed by atoms with E-state index < -0.39 is 22.7 Å². The third-order valence-corrected chi connectivity index (χ3v) is 6.93. The molecule has 0 saturated carbocycles. The highest BCUT2D eigenvalue weighted by Crippen LogP contribution is 2.46. The molecule has 0 aromatic heterocycles. The second-order valence-corrected chi connectivity index (χ2v) is 9.40. The lowest BCUT2D eigenvalue weighted by Gasteiger charge is -2.43. The van der Waals surface area contributed by atoms with E-state index in [-0.39, 0.29) is 23.7 Å². The Morgan fingerprint density at radius 2 is 1.97 bits per heavy atom. The number of likely N-dealkylation sites (tertiary alicyclic amines) is 1. The van der Waals surface area contributed by atoms with Crippen molar-refractivity contribution in [1.29, 1.82) is 5.26 Å². The van der Waals surface area contributed by atoms with E-state index in [2.05, 4.69) is 5.32 Å². The number of anilines is 1. The summed E-state index contributed by atoms with van der Waals surface area (Å²) < 4.78 is 45.3. The number of rotatable bonds is 6. The van der Waals surface area contributed by atoms with E-state index in [0.717, 1.165) is 6.07 Å². The summed E-state index contributed by atoms with van der Waals surface area (Å²) in [4.78, 5) is 29.4. The Balaban J connectivity index is 1.80. The number of nitriles is 1. The highest BCUT2D eigenvalue weighted by atomic mass is 19.4. The topological polar surface area (TPSA) is 85.7 Å². The Morgan fingerprint density at radius 3 is 2.53 bits per heavy atom. The van der Waals surface area contributed by atoms with E-state index in [0.29, 0.717) is 57.9 Å². The van der Waals surface area contributed by atoms with Crippen molar-refractivity contribution in [1.82, 2.24) is 10.2 Å². The number of carbonyl (C=O) groups is 2. The van der Waals surface area contributed by atoms with E-state index >= 15 is 0 Å². The molecule has 0 bridgehead atoms. The van der Waals surface area contributed by atoms with Gasteiger partial charge in [-0.15, -0.1) is 0 Å². The lowest BCUT2D eigenvalue weighted by atomic mass is 9.70. The Kier molecular flexibility index (Phi) is 7.76. The number of hydrogen-bond donors (Lipinski definition) is 1. The van der Waals surface area contributed by atoms with E-state index in [1.165, 1.54) is 12.1 Å². The molecule has 3 rings (SSSR count). The van der Waals surface area contributed by atoms with E-state index in [1.807, 2.05) is 18.7 Å². The van der Waals surface area contributed by atoms with E-state index in [4.69, 9.17) is 10.00 Å². The molecule has 2 fully saturated rings. The SMILES string of the molecule is COCCNC(=O)C1CN(C(=O)C(C)C)CC12CCN(c1ccc(C#N)c(C(F)(F)F)c1)CC2. The van der Waals surface area contributed by atoms with Gasteiger partial charge >= 0.3 is 6.18 Å². The minimum absolute atomic E-state index is 0.00379. The molecule has 7 nitrogen and oxygen atoms in total. The third kappa shape index (κ3) is 5.30. The molecule has 1 aromatic carbocycles. The first-order chi connectivity index (χ1) is 16.0. The molecule has 0 radical (unpaired) electrons. The quantitative estimate of drug-likeness (QED) is 0.633. The molecule has 1 spiro atoms. The molecular formula is C24H31F3N4O3. The van der Waals surface area contributed by atoms with Crippen LogP contribution in [0.1, 0.15) is 37.8 Å². The van der Waals surface area contributed by atoms with Gasteiger partial charge in [-0.25, -0.2) is 0 Å². The number of hydrogen-bond acceptors (Lipinski definition) is 5. The number of halogens is 3. The van der Waals surface area contributed by atoms with Gasteiger partial charge in [-0.05, 0) is 31.0 Å². The number of alkyl halides is 3. The lowest BCUT2D eigenvalue weighted by molar-refractivity contribution is -0.138. The fourth-order valence-electron chi connectivity index (χ4n) is 5.04. The summed E-state index contributed by atoms with van der Waals surface area (Å²) in [6, 6.07) is 5.36. The Morgan fingerprint density at radius 1 is 1.29 bits per heavy atom. The first kappa shape index (κ1) is 25.8. The van der Waals surface area contributed by atoms with Gasteiger partial charge < -0.3 is 19.9 Å². The average molecular weight is 481 g/mol. The van der Waals surface area contributed by atoms with Crippen LogP contribution in [0.5, 0.6) is 0 Å². The van der Waals surface area contributed by atoms with Gasteiger partial charge in [0, 0.05) is 56.9 Å². The van der Waals surface area contributed by atoms with Crippen LogP contribution in [0.3, 0.4) is 0 Å². The van der Waals surface area contributed by atoms with Gasteiger partial charge in [0.15, 0.2) is 0 Å². The van der Waals surface area contributed by atoms with Crippen molar-refractivity contribution in [3.8, 4) is 6.07 Å². The zero-order valence-corrected chi connectivity index (χ0v) is 19.7. The predicted molar refractivity (Wildman–Crippen MR) is 120 cm³/mol. The molecule has 186 valence electrons. The van der Waals surface area contributed by atoms with Gasteiger partial charge in [0.2, 0.25) is 11.8 Å². The lowest BCUT2D eigenvalue weighted by Crippen LogP contribution is -2.49. The van der Waals surface area contributed by atoms with Crippen LogP contribution in [0.4, 0.5) is 18.9 Å². The van der Waals surface area contributed by atoms with Crippen LogP contribution in [0, 0.1) is 28.6 Å². The van der Waals surface area contributed by atoms with Crippen molar-refractivity contribution in [2.24, 2.45) is 17.3 Å². The number of nitrogens with zero attached hydrogens (tertiary/aromatic N) is 3. The molecule has 2 heterocycles. The maximum absolute atomic E-state index is 13.4.